The molecular weight excluding hydrogens is 253 g/mol. The molecule has 0 aliphatic rings. The predicted molar refractivity (Wildman–Crippen MR) is 80.8 cm³/mol. The molecule has 0 radical (unpaired) electrons. The Labute approximate surface area is 119 Å². The Kier molecular flexibility index (Phi) is 4.61. The van der Waals surface area contributed by atoms with E-state index in [1.165, 1.54) is 28.8 Å². The van der Waals surface area contributed by atoms with Crippen molar-refractivity contribution < 1.29 is 9.13 Å². The third-order valence-corrected chi connectivity index (χ3v) is 3.01. The first-order valence-corrected chi connectivity index (χ1v) is 6.82. The maximum absolute atomic E-state index is 13.2. The minimum absolute atomic E-state index is 0.287. The van der Waals surface area contributed by atoms with Gasteiger partial charge in [-0.25, -0.2) is 4.39 Å². The molecule has 0 atom stereocenters. The van der Waals surface area contributed by atoms with Gasteiger partial charge in [0.15, 0.2) is 0 Å². The van der Waals surface area contributed by atoms with Gasteiger partial charge in [-0.1, -0.05) is 29.3 Å². The van der Waals surface area contributed by atoms with Gasteiger partial charge in [-0.15, -0.1) is 0 Å². The molecular formula is C17H20FNO. The van der Waals surface area contributed by atoms with E-state index >= 15 is 0 Å². The summed E-state index contributed by atoms with van der Waals surface area (Å²) in [6, 6.07) is 11.0. The molecule has 2 rings (SSSR count). The molecule has 0 aromatic heterocycles. The number of rotatable bonds is 5. The van der Waals surface area contributed by atoms with Crippen molar-refractivity contribution in [3.8, 4) is 5.75 Å². The summed E-state index contributed by atoms with van der Waals surface area (Å²) in [5, 5.41) is 3.30. The van der Waals surface area contributed by atoms with Gasteiger partial charge >= 0.3 is 0 Å². The number of hydrogen-bond acceptors (Lipinski definition) is 2. The van der Waals surface area contributed by atoms with Crippen molar-refractivity contribution in [1.29, 1.82) is 0 Å². The average molecular weight is 273 g/mol. The fraction of sp³-hybridized carbons (Fsp3) is 0.294. The number of halogens is 1. The Balaban J connectivity index is 2.13. The molecule has 0 aliphatic carbocycles. The highest BCUT2D eigenvalue weighted by Gasteiger charge is 2.05. The molecule has 0 aliphatic heterocycles. The van der Waals surface area contributed by atoms with E-state index in [1.54, 1.807) is 6.07 Å². The summed E-state index contributed by atoms with van der Waals surface area (Å²) in [7, 11) is 0. The minimum atomic E-state index is -0.287. The highest BCUT2D eigenvalue weighted by atomic mass is 19.1. The molecule has 3 heteroatoms. The number of nitrogens with one attached hydrogen (secondary N) is 1. The molecule has 2 aromatic rings. The first-order valence-electron chi connectivity index (χ1n) is 6.82. The summed E-state index contributed by atoms with van der Waals surface area (Å²) in [5.74, 6) is 0.266. The van der Waals surface area contributed by atoms with Crippen molar-refractivity contribution in [3.63, 3.8) is 0 Å². The molecule has 0 unspecified atom stereocenters. The standard InChI is InChI=1S/C17H20FNO/c1-4-20-17-10-15(18)5-6-16(17)19-11-14-8-12(2)7-13(3)9-14/h5-10,19H,4,11H2,1-3H3. The van der Waals surface area contributed by atoms with E-state index in [2.05, 4.69) is 37.4 Å². The van der Waals surface area contributed by atoms with Crippen LogP contribution in [0.25, 0.3) is 0 Å². The van der Waals surface area contributed by atoms with E-state index in [0.717, 1.165) is 5.69 Å². The molecule has 0 heterocycles. The topological polar surface area (TPSA) is 21.3 Å². The highest BCUT2D eigenvalue weighted by molar-refractivity contribution is 5.56. The largest absolute Gasteiger partial charge is 0.492 e. The Morgan fingerprint density at radius 1 is 1.05 bits per heavy atom. The molecule has 20 heavy (non-hydrogen) atoms. The average Bonchev–Trinajstić information content (AvgIpc) is 2.37. The Bertz CT molecular complexity index is 575. The van der Waals surface area contributed by atoms with Gasteiger partial charge < -0.3 is 10.1 Å². The summed E-state index contributed by atoms with van der Waals surface area (Å²) < 4.78 is 18.7. The predicted octanol–water partition coefficient (Wildman–Crippen LogP) is 4.45. The molecule has 0 amide bonds. The van der Waals surface area contributed by atoms with E-state index in [4.69, 9.17) is 4.74 Å². The number of aryl methyl sites for hydroxylation is 2. The van der Waals surface area contributed by atoms with Gasteiger partial charge in [-0.05, 0) is 38.5 Å². The monoisotopic (exact) mass is 273 g/mol. The van der Waals surface area contributed by atoms with Crippen LogP contribution >= 0.6 is 0 Å². The maximum Gasteiger partial charge on any atom is 0.145 e. The zero-order chi connectivity index (χ0) is 14.5. The van der Waals surface area contributed by atoms with Crippen LogP contribution < -0.4 is 10.1 Å². The first-order chi connectivity index (χ1) is 9.58. The van der Waals surface area contributed by atoms with Crippen LogP contribution in [0, 0.1) is 19.7 Å². The SMILES string of the molecule is CCOc1cc(F)ccc1NCc1cc(C)cc(C)c1. The van der Waals surface area contributed by atoms with Gasteiger partial charge in [0.25, 0.3) is 0 Å². The van der Waals surface area contributed by atoms with Crippen molar-refractivity contribution in [1.82, 2.24) is 0 Å². The van der Waals surface area contributed by atoms with Crippen LogP contribution in [0.4, 0.5) is 10.1 Å². The van der Waals surface area contributed by atoms with Crippen LogP contribution in [0.2, 0.25) is 0 Å². The lowest BCUT2D eigenvalue weighted by atomic mass is 10.1. The molecule has 106 valence electrons. The Morgan fingerprint density at radius 3 is 2.40 bits per heavy atom. The third-order valence-electron chi connectivity index (χ3n) is 3.01. The van der Waals surface area contributed by atoms with Crippen molar-refractivity contribution in [2.45, 2.75) is 27.3 Å². The minimum Gasteiger partial charge on any atom is -0.492 e. The molecule has 2 nitrogen and oxygen atoms in total. The van der Waals surface area contributed by atoms with E-state index in [-0.39, 0.29) is 5.82 Å². The van der Waals surface area contributed by atoms with Crippen molar-refractivity contribution in [3.05, 3.63) is 58.9 Å². The van der Waals surface area contributed by atoms with Gasteiger partial charge in [0.2, 0.25) is 0 Å². The summed E-state index contributed by atoms with van der Waals surface area (Å²) in [6.45, 7) is 7.26. The van der Waals surface area contributed by atoms with Gasteiger partial charge in [0.05, 0.1) is 12.3 Å². The number of ether oxygens (including phenoxy) is 1. The number of hydrogen-bond donors (Lipinski definition) is 1. The first kappa shape index (κ1) is 14.4. The smallest absolute Gasteiger partial charge is 0.145 e. The van der Waals surface area contributed by atoms with Crippen LogP contribution in [0.3, 0.4) is 0 Å². The molecule has 0 fully saturated rings. The van der Waals surface area contributed by atoms with E-state index < -0.39 is 0 Å². The van der Waals surface area contributed by atoms with Gasteiger partial charge in [-0.3, -0.25) is 0 Å². The zero-order valence-electron chi connectivity index (χ0n) is 12.2. The molecule has 1 N–H and O–H groups in total. The molecule has 0 bridgehead atoms. The zero-order valence-corrected chi connectivity index (χ0v) is 12.2. The third kappa shape index (κ3) is 3.73. The second kappa shape index (κ2) is 6.42. The van der Waals surface area contributed by atoms with Crippen LogP contribution in [-0.4, -0.2) is 6.61 Å². The Hall–Kier alpha value is -2.03. The fourth-order valence-electron chi connectivity index (χ4n) is 2.29. The van der Waals surface area contributed by atoms with Crippen LogP contribution in [0.15, 0.2) is 36.4 Å². The van der Waals surface area contributed by atoms with Gasteiger partial charge in [0.1, 0.15) is 11.6 Å². The van der Waals surface area contributed by atoms with Crippen molar-refractivity contribution >= 4 is 5.69 Å². The van der Waals surface area contributed by atoms with Crippen LogP contribution in [0.5, 0.6) is 5.75 Å². The maximum atomic E-state index is 13.2. The molecule has 0 saturated heterocycles. The number of anilines is 1. The normalized spacial score (nSPS) is 10.4. The molecule has 2 aromatic carbocycles. The summed E-state index contributed by atoms with van der Waals surface area (Å²) in [5.41, 5.74) is 4.50. The fourth-order valence-corrected chi connectivity index (χ4v) is 2.29. The van der Waals surface area contributed by atoms with Gasteiger partial charge in [-0.2, -0.15) is 0 Å². The lowest BCUT2D eigenvalue weighted by Crippen LogP contribution is -2.03. The quantitative estimate of drug-likeness (QED) is 0.868. The summed E-state index contributed by atoms with van der Waals surface area (Å²) in [4.78, 5) is 0. The van der Waals surface area contributed by atoms with E-state index in [1.807, 2.05) is 6.92 Å². The number of benzene rings is 2. The van der Waals surface area contributed by atoms with Crippen LogP contribution in [0.1, 0.15) is 23.6 Å². The molecule has 0 saturated carbocycles. The summed E-state index contributed by atoms with van der Waals surface area (Å²) >= 11 is 0. The summed E-state index contributed by atoms with van der Waals surface area (Å²) in [6.07, 6.45) is 0. The Morgan fingerprint density at radius 2 is 1.75 bits per heavy atom. The van der Waals surface area contributed by atoms with Crippen molar-refractivity contribution in [2.75, 3.05) is 11.9 Å². The van der Waals surface area contributed by atoms with Crippen molar-refractivity contribution in [2.24, 2.45) is 0 Å². The van der Waals surface area contributed by atoms with Gasteiger partial charge in [0, 0.05) is 12.6 Å². The molecule has 0 spiro atoms. The van der Waals surface area contributed by atoms with E-state index in [0.29, 0.717) is 18.9 Å². The van der Waals surface area contributed by atoms with E-state index in [9.17, 15) is 4.39 Å². The highest BCUT2D eigenvalue weighted by Crippen LogP contribution is 2.26. The second-order valence-corrected chi connectivity index (χ2v) is 4.92. The lowest BCUT2D eigenvalue weighted by molar-refractivity contribution is 0.340. The second-order valence-electron chi connectivity index (χ2n) is 4.92. The van der Waals surface area contributed by atoms with Crippen LogP contribution in [-0.2, 0) is 6.54 Å². The lowest BCUT2D eigenvalue weighted by Gasteiger charge is -2.13.